The van der Waals surface area contributed by atoms with Gasteiger partial charge in [-0.1, -0.05) is 11.6 Å². The highest BCUT2D eigenvalue weighted by molar-refractivity contribution is 6.35. The van der Waals surface area contributed by atoms with Crippen molar-refractivity contribution >= 4 is 34.6 Å². The number of carbonyl (C=O) groups excluding carboxylic acids is 1. The molecule has 0 saturated heterocycles. The van der Waals surface area contributed by atoms with Crippen molar-refractivity contribution in [1.29, 1.82) is 0 Å². The van der Waals surface area contributed by atoms with Crippen LogP contribution in [0.3, 0.4) is 0 Å². The summed E-state index contributed by atoms with van der Waals surface area (Å²) in [4.78, 5) is 26.1. The van der Waals surface area contributed by atoms with E-state index >= 15 is 0 Å². The molecule has 0 bridgehead atoms. The lowest BCUT2D eigenvalue weighted by atomic mass is 10.0. The second kappa shape index (κ2) is 6.68. The summed E-state index contributed by atoms with van der Waals surface area (Å²) in [5.74, 6) is -1.91. The van der Waals surface area contributed by atoms with Gasteiger partial charge in [-0.3, -0.25) is 0 Å². The third-order valence-electron chi connectivity index (χ3n) is 3.23. The summed E-state index contributed by atoms with van der Waals surface area (Å²) in [6.45, 7) is 5.00. The number of carboxylic acids is 1. The van der Waals surface area contributed by atoms with Crippen LogP contribution in [-0.4, -0.2) is 33.8 Å². The molecule has 130 valence electrons. The quantitative estimate of drug-likeness (QED) is 0.782. The zero-order valence-corrected chi connectivity index (χ0v) is 14.2. The molecule has 1 unspecified atom stereocenters. The maximum Gasteiger partial charge on any atom is 0.408 e. The Morgan fingerprint density at radius 2 is 2.12 bits per heavy atom. The van der Waals surface area contributed by atoms with Crippen molar-refractivity contribution in [2.75, 3.05) is 0 Å². The minimum atomic E-state index is -1.27. The molecule has 0 spiro atoms. The molecule has 1 aromatic heterocycles. The number of benzene rings is 1. The largest absolute Gasteiger partial charge is 0.480 e. The Bertz CT molecular complexity index is 782. The highest BCUT2D eigenvalue weighted by atomic mass is 35.5. The van der Waals surface area contributed by atoms with Crippen LogP contribution in [0.5, 0.6) is 0 Å². The van der Waals surface area contributed by atoms with Gasteiger partial charge in [0.05, 0.1) is 10.5 Å². The Morgan fingerprint density at radius 1 is 1.46 bits per heavy atom. The number of rotatable bonds is 4. The molecular weight excluding hydrogens is 339 g/mol. The van der Waals surface area contributed by atoms with E-state index in [0.29, 0.717) is 16.5 Å². The Hall–Kier alpha value is -2.28. The Labute approximate surface area is 142 Å². The average molecular weight is 357 g/mol. The number of aromatic amines is 1. The first-order valence-corrected chi connectivity index (χ1v) is 7.62. The molecule has 1 aromatic carbocycles. The van der Waals surface area contributed by atoms with Gasteiger partial charge in [-0.05, 0) is 38.5 Å². The molecule has 0 aliphatic rings. The molecule has 0 saturated carbocycles. The van der Waals surface area contributed by atoms with Crippen LogP contribution in [0.15, 0.2) is 18.3 Å². The molecular formula is C16H18ClFN2O4. The van der Waals surface area contributed by atoms with Crippen LogP contribution < -0.4 is 5.32 Å². The predicted octanol–water partition coefficient (Wildman–Crippen LogP) is 3.48. The molecule has 3 N–H and O–H groups in total. The van der Waals surface area contributed by atoms with E-state index in [0.717, 1.165) is 6.07 Å². The number of carbonyl (C=O) groups is 2. The van der Waals surface area contributed by atoms with Crippen LogP contribution in [-0.2, 0) is 16.0 Å². The van der Waals surface area contributed by atoms with Crippen molar-refractivity contribution in [3.05, 3.63) is 34.7 Å². The molecule has 1 amide bonds. The first kappa shape index (κ1) is 18.1. The molecule has 2 aromatic rings. The highest BCUT2D eigenvalue weighted by Gasteiger charge is 2.25. The van der Waals surface area contributed by atoms with Crippen LogP contribution in [0, 0.1) is 5.82 Å². The highest BCUT2D eigenvalue weighted by Crippen LogP contribution is 2.29. The predicted molar refractivity (Wildman–Crippen MR) is 87.8 cm³/mol. The van der Waals surface area contributed by atoms with Gasteiger partial charge < -0.3 is 20.1 Å². The van der Waals surface area contributed by atoms with Gasteiger partial charge in [-0.15, -0.1) is 0 Å². The van der Waals surface area contributed by atoms with Crippen molar-refractivity contribution in [2.24, 2.45) is 0 Å². The smallest absolute Gasteiger partial charge is 0.408 e. The van der Waals surface area contributed by atoms with Crippen molar-refractivity contribution < 1.29 is 23.8 Å². The lowest BCUT2D eigenvalue weighted by Crippen LogP contribution is -2.44. The van der Waals surface area contributed by atoms with Crippen LogP contribution in [0.1, 0.15) is 26.3 Å². The molecule has 0 fully saturated rings. The number of H-pyrrole nitrogens is 1. The second-order valence-corrected chi connectivity index (χ2v) is 6.72. The first-order valence-electron chi connectivity index (χ1n) is 7.25. The normalized spacial score (nSPS) is 12.9. The fraction of sp³-hybridized carbons (Fsp3) is 0.375. The summed E-state index contributed by atoms with van der Waals surface area (Å²) in [6.07, 6.45) is 0.600. The first-order chi connectivity index (χ1) is 11.1. The fourth-order valence-corrected chi connectivity index (χ4v) is 2.48. The van der Waals surface area contributed by atoms with Crippen LogP contribution >= 0.6 is 11.6 Å². The summed E-state index contributed by atoms with van der Waals surface area (Å²) < 4.78 is 19.0. The zero-order valence-electron chi connectivity index (χ0n) is 13.4. The van der Waals surface area contributed by atoms with Crippen molar-refractivity contribution in [3.63, 3.8) is 0 Å². The molecule has 0 aliphatic carbocycles. The number of hydrogen-bond donors (Lipinski definition) is 3. The minimum absolute atomic E-state index is 0.0398. The van der Waals surface area contributed by atoms with Crippen LogP contribution in [0.25, 0.3) is 10.9 Å². The van der Waals surface area contributed by atoms with E-state index in [9.17, 15) is 19.1 Å². The van der Waals surface area contributed by atoms with Crippen LogP contribution in [0.2, 0.25) is 5.02 Å². The van der Waals surface area contributed by atoms with Gasteiger partial charge in [0.15, 0.2) is 0 Å². The SMILES string of the molecule is CC(C)(C)OC(=O)NC(Cc1cc(F)c(Cl)c2cc[nH]c12)C(=O)O. The van der Waals surface area contributed by atoms with E-state index in [1.807, 2.05) is 0 Å². The van der Waals surface area contributed by atoms with Crippen LogP contribution in [0.4, 0.5) is 9.18 Å². The Balaban J connectivity index is 2.26. The van der Waals surface area contributed by atoms with Gasteiger partial charge in [0.2, 0.25) is 0 Å². The van der Waals surface area contributed by atoms with Gasteiger partial charge >= 0.3 is 12.1 Å². The lowest BCUT2D eigenvalue weighted by Gasteiger charge is -2.22. The minimum Gasteiger partial charge on any atom is -0.480 e. The van der Waals surface area contributed by atoms with Gasteiger partial charge in [-0.2, -0.15) is 0 Å². The number of nitrogens with one attached hydrogen (secondary N) is 2. The molecule has 8 heteroatoms. The zero-order chi connectivity index (χ0) is 18.1. The maximum atomic E-state index is 13.9. The number of ether oxygens (including phenoxy) is 1. The number of alkyl carbamates (subject to hydrolysis) is 1. The molecule has 0 aliphatic heterocycles. The number of aliphatic carboxylic acids is 1. The number of aromatic nitrogens is 1. The summed E-state index contributed by atoms with van der Waals surface area (Å²) in [5, 5.41) is 12.0. The third-order valence-corrected chi connectivity index (χ3v) is 3.61. The monoisotopic (exact) mass is 356 g/mol. The average Bonchev–Trinajstić information content (AvgIpc) is 2.91. The van der Waals surface area contributed by atoms with Gasteiger partial charge in [0.25, 0.3) is 0 Å². The van der Waals surface area contributed by atoms with Crippen molar-refractivity contribution in [2.45, 2.75) is 38.8 Å². The van der Waals surface area contributed by atoms with Crippen molar-refractivity contribution in [3.8, 4) is 0 Å². The second-order valence-electron chi connectivity index (χ2n) is 6.34. The maximum absolute atomic E-state index is 13.9. The van der Waals surface area contributed by atoms with Gasteiger partial charge in [0, 0.05) is 18.0 Å². The Morgan fingerprint density at radius 3 is 2.71 bits per heavy atom. The van der Waals surface area contributed by atoms with E-state index < -0.39 is 29.5 Å². The molecule has 6 nitrogen and oxygen atoms in total. The lowest BCUT2D eigenvalue weighted by molar-refractivity contribution is -0.139. The number of fused-ring (bicyclic) bond motifs is 1. The topological polar surface area (TPSA) is 91.4 Å². The summed E-state index contributed by atoms with van der Waals surface area (Å²) in [7, 11) is 0. The van der Waals surface area contributed by atoms with Gasteiger partial charge in [-0.25, -0.2) is 14.0 Å². The van der Waals surface area contributed by atoms with E-state index in [2.05, 4.69) is 10.3 Å². The Kier molecular flexibility index (Phi) is 5.03. The summed E-state index contributed by atoms with van der Waals surface area (Å²) >= 11 is 5.89. The molecule has 24 heavy (non-hydrogen) atoms. The number of hydrogen-bond acceptors (Lipinski definition) is 3. The van der Waals surface area contributed by atoms with E-state index in [1.54, 1.807) is 33.0 Å². The number of amides is 1. The van der Waals surface area contributed by atoms with E-state index in [1.165, 1.54) is 0 Å². The number of carboxylic acid groups (broad SMARTS) is 1. The third kappa shape index (κ3) is 4.17. The summed E-state index contributed by atoms with van der Waals surface area (Å²) in [6, 6.07) is 1.49. The molecule has 0 radical (unpaired) electrons. The molecule has 1 atom stereocenters. The standard InChI is InChI=1S/C16H18ClFN2O4/c1-16(2,3)24-15(23)20-11(14(21)22)7-8-6-10(18)12(17)9-4-5-19-13(8)9/h4-6,11,19H,7H2,1-3H3,(H,20,23)(H,21,22). The van der Waals surface area contributed by atoms with Crippen molar-refractivity contribution in [1.82, 2.24) is 10.3 Å². The summed E-state index contributed by atoms with van der Waals surface area (Å²) in [5.41, 5.74) is 0.158. The molecule has 1 heterocycles. The van der Waals surface area contributed by atoms with E-state index in [4.69, 9.17) is 16.3 Å². The van der Waals surface area contributed by atoms with Gasteiger partial charge in [0.1, 0.15) is 17.5 Å². The van der Waals surface area contributed by atoms with E-state index in [-0.39, 0.29) is 11.4 Å². The fourth-order valence-electron chi connectivity index (χ4n) is 2.27. The number of halogens is 2. The molecule has 2 rings (SSSR count).